The van der Waals surface area contributed by atoms with Crippen molar-refractivity contribution in [3.05, 3.63) is 52.7 Å². The summed E-state index contributed by atoms with van der Waals surface area (Å²) in [5.41, 5.74) is 2.53. The van der Waals surface area contributed by atoms with Crippen LogP contribution in [0.1, 0.15) is 33.5 Å². The number of nitrogens with one attached hydrogen (secondary N) is 1. The van der Waals surface area contributed by atoms with Gasteiger partial charge in [0.2, 0.25) is 6.79 Å². The van der Waals surface area contributed by atoms with Gasteiger partial charge in [-0.3, -0.25) is 10.1 Å². The average molecular weight is 411 g/mol. The topological polar surface area (TPSA) is 99.6 Å². The molecule has 0 atom stereocenters. The summed E-state index contributed by atoms with van der Waals surface area (Å²) >= 11 is 1.30. The molecule has 1 aromatic carbocycles. The van der Waals surface area contributed by atoms with Gasteiger partial charge in [0, 0.05) is 10.9 Å². The van der Waals surface area contributed by atoms with Gasteiger partial charge in [-0.2, -0.15) is 0 Å². The monoisotopic (exact) mass is 411 g/mol. The second-order valence-corrected chi connectivity index (χ2v) is 6.97. The van der Waals surface area contributed by atoms with Crippen LogP contribution in [0.5, 0.6) is 11.5 Å². The zero-order valence-corrected chi connectivity index (χ0v) is 16.5. The van der Waals surface area contributed by atoms with Gasteiger partial charge in [-0.05, 0) is 44.2 Å². The maximum atomic E-state index is 12.5. The Morgan fingerprint density at radius 2 is 2.00 bits per heavy atom. The lowest BCUT2D eigenvalue weighted by Gasteiger charge is -2.07. The quantitative estimate of drug-likeness (QED) is 0.640. The van der Waals surface area contributed by atoms with Crippen molar-refractivity contribution >= 4 is 28.3 Å². The Labute approximate surface area is 170 Å². The van der Waals surface area contributed by atoms with Crippen LogP contribution in [0.3, 0.4) is 0 Å². The highest BCUT2D eigenvalue weighted by Gasteiger charge is 2.17. The van der Waals surface area contributed by atoms with Gasteiger partial charge in [-0.15, -0.1) is 11.3 Å². The van der Waals surface area contributed by atoms with Crippen molar-refractivity contribution in [3.8, 4) is 22.8 Å². The fraction of sp³-hybridized carbons (Fsp3) is 0.200. The fourth-order valence-corrected chi connectivity index (χ4v) is 3.51. The van der Waals surface area contributed by atoms with Crippen LogP contribution in [-0.4, -0.2) is 35.2 Å². The molecule has 3 aromatic rings. The Morgan fingerprint density at radius 3 is 2.79 bits per heavy atom. The molecule has 0 saturated heterocycles. The summed E-state index contributed by atoms with van der Waals surface area (Å²) < 4.78 is 15.7. The van der Waals surface area contributed by atoms with E-state index >= 15 is 0 Å². The van der Waals surface area contributed by atoms with E-state index in [4.69, 9.17) is 14.2 Å². The van der Waals surface area contributed by atoms with E-state index in [0.29, 0.717) is 33.6 Å². The van der Waals surface area contributed by atoms with Crippen molar-refractivity contribution in [2.45, 2.75) is 13.8 Å². The summed E-state index contributed by atoms with van der Waals surface area (Å²) in [5, 5.41) is 5.02. The number of pyridine rings is 1. The molecule has 1 aliphatic rings. The maximum absolute atomic E-state index is 12.5. The Balaban J connectivity index is 1.48. The number of ether oxygens (including phenoxy) is 3. The van der Waals surface area contributed by atoms with Gasteiger partial charge in [0.15, 0.2) is 16.6 Å². The molecule has 9 heteroatoms. The van der Waals surface area contributed by atoms with E-state index in [1.54, 1.807) is 13.8 Å². The molecular weight excluding hydrogens is 394 g/mol. The Morgan fingerprint density at radius 1 is 1.17 bits per heavy atom. The third-order valence-electron chi connectivity index (χ3n) is 4.21. The fourth-order valence-electron chi connectivity index (χ4n) is 2.79. The van der Waals surface area contributed by atoms with E-state index in [0.717, 1.165) is 5.56 Å². The molecule has 0 unspecified atom stereocenters. The van der Waals surface area contributed by atoms with Crippen LogP contribution in [0, 0.1) is 6.92 Å². The van der Waals surface area contributed by atoms with E-state index in [2.05, 4.69) is 15.3 Å². The number of anilines is 1. The Kier molecular flexibility index (Phi) is 5.13. The number of aromatic nitrogens is 2. The van der Waals surface area contributed by atoms with E-state index in [-0.39, 0.29) is 19.1 Å². The van der Waals surface area contributed by atoms with Crippen LogP contribution in [0.15, 0.2) is 35.7 Å². The number of thiazole rings is 1. The molecule has 0 bridgehead atoms. The molecule has 148 valence electrons. The van der Waals surface area contributed by atoms with Crippen molar-refractivity contribution in [2.75, 3.05) is 18.7 Å². The number of carbonyl (C=O) groups excluding carboxylic acids is 2. The number of fused-ring (bicyclic) bond motifs is 1. The molecule has 1 amide bonds. The minimum absolute atomic E-state index is 0.190. The second-order valence-electron chi connectivity index (χ2n) is 6.11. The molecule has 4 rings (SSSR count). The number of esters is 1. The molecule has 1 aliphatic heterocycles. The smallest absolute Gasteiger partial charge is 0.339 e. The predicted octanol–water partition coefficient (Wildman–Crippen LogP) is 3.67. The third-order valence-corrected chi connectivity index (χ3v) is 4.96. The number of amides is 1. The average Bonchev–Trinajstić information content (AvgIpc) is 3.36. The molecule has 0 radical (unpaired) electrons. The Hall–Kier alpha value is -3.46. The van der Waals surface area contributed by atoms with Crippen molar-refractivity contribution in [2.24, 2.45) is 0 Å². The van der Waals surface area contributed by atoms with E-state index in [1.165, 1.54) is 23.5 Å². The van der Waals surface area contributed by atoms with Gasteiger partial charge in [0.1, 0.15) is 5.69 Å². The van der Waals surface area contributed by atoms with Gasteiger partial charge in [-0.25, -0.2) is 14.8 Å². The second kappa shape index (κ2) is 7.88. The number of rotatable bonds is 5. The highest BCUT2D eigenvalue weighted by atomic mass is 32.1. The minimum atomic E-state index is -0.460. The van der Waals surface area contributed by atoms with Gasteiger partial charge >= 0.3 is 5.97 Å². The lowest BCUT2D eigenvalue weighted by Crippen LogP contribution is -2.16. The van der Waals surface area contributed by atoms with Gasteiger partial charge < -0.3 is 14.2 Å². The van der Waals surface area contributed by atoms with Crippen LogP contribution in [0.4, 0.5) is 5.13 Å². The number of carbonyl (C=O) groups is 2. The van der Waals surface area contributed by atoms with Gasteiger partial charge in [0.25, 0.3) is 5.91 Å². The first-order valence-corrected chi connectivity index (χ1v) is 9.75. The molecule has 1 N–H and O–H groups in total. The van der Waals surface area contributed by atoms with Crippen molar-refractivity contribution in [3.63, 3.8) is 0 Å². The molecule has 0 saturated carbocycles. The molecule has 0 aliphatic carbocycles. The van der Waals surface area contributed by atoms with Crippen LogP contribution in [0.25, 0.3) is 11.3 Å². The minimum Gasteiger partial charge on any atom is -0.462 e. The summed E-state index contributed by atoms with van der Waals surface area (Å²) in [6.45, 7) is 3.87. The maximum Gasteiger partial charge on any atom is 0.339 e. The predicted molar refractivity (Wildman–Crippen MR) is 107 cm³/mol. The van der Waals surface area contributed by atoms with Crippen molar-refractivity contribution < 1.29 is 23.8 Å². The normalized spacial score (nSPS) is 11.9. The number of benzene rings is 1. The van der Waals surface area contributed by atoms with E-state index in [1.807, 2.05) is 23.6 Å². The molecule has 2 aromatic heterocycles. The standard InChI is InChI=1S/C20H17N3O5S/c1-3-26-19(25)13-5-6-14(21-11(13)2)18(24)23-20-22-15(9-29-20)12-4-7-16-17(8-12)28-10-27-16/h4-9H,3,10H2,1-2H3,(H,22,23,24). The van der Waals surface area contributed by atoms with Crippen LogP contribution < -0.4 is 14.8 Å². The summed E-state index contributed by atoms with van der Waals surface area (Å²) in [6, 6.07) is 8.58. The van der Waals surface area contributed by atoms with Gasteiger partial charge in [-0.1, -0.05) is 0 Å². The highest BCUT2D eigenvalue weighted by molar-refractivity contribution is 7.14. The third kappa shape index (κ3) is 3.90. The Bertz CT molecular complexity index is 1100. The molecular formula is C20H17N3O5S. The molecule has 29 heavy (non-hydrogen) atoms. The van der Waals surface area contributed by atoms with Gasteiger partial charge in [0.05, 0.1) is 23.6 Å². The molecule has 0 spiro atoms. The lowest BCUT2D eigenvalue weighted by molar-refractivity contribution is 0.0524. The summed E-state index contributed by atoms with van der Waals surface area (Å²) in [5.74, 6) is 0.500. The summed E-state index contributed by atoms with van der Waals surface area (Å²) in [7, 11) is 0. The number of hydrogen-bond donors (Lipinski definition) is 1. The van der Waals surface area contributed by atoms with Crippen molar-refractivity contribution in [1.29, 1.82) is 0 Å². The summed E-state index contributed by atoms with van der Waals surface area (Å²) in [4.78, 5) is 33.0. The summed E-state index contributed by atoms with van der Waals surface area (Å²) in [6.07, 6.45) is 0. The first-order valence-electron chi connectivity index (χ1n) is 8.87. The van der Waals surface area contributed by atoms with E-state index in [9.17, 15) is 9.59 Å². The first-order chi connectivity index (χ1) is 14.0. The van der Waals surface area contributed by atoms with Crippen LogP contribution >= 0.6 is 11.3 Å². The molecule has 8 nitrogen and oxygen atoms in total. The highest BCUT2D eigenvalue weighted by Crippen LogP contribution is 2.36. The number of aryl methyl sites for hydroxylation is 1. The zero-order chi connectivity index (χ0) is 20.4. The zero-order valence-electron chi connectivity index (χ0n) is 15.7. The van der Waals surface area contributed by atoms with E-state index < -0.39 is 11.9 Å². The first kappa shape index (κ1) is 18.9. The van der Waals surface area contributed by atoms with Crippen LogP contribution in [-0.2, 0) is 4.74 Å². The molecule has 0 fully saturated rings. The van der Waals surface area contributed by atoms with Crippen molar-refractivity contribution in [1.82, 2.24) is 9.97 Å². The molecule has 3 heterocycles. The SMILES string of the molecule is CCOC(=O)c1ccc(C(=O)Nc2nc(-c3ccc4c(c3)OCO4)cs2)nc1C. The van der Waals surface area contributed by atoms with Crippen LogP contribution in [0.2, 0.25) is 0 Å². The lowest BCUT2D eigenvalue weighted by atomic mass is 10.1. The number of nitrogens with zero attached hydrogens (tertiary/aromatic N) is 2. The largest absolute Gasteiger partial charge is 0.462 e. The number of hydrogen-bond acceptors (Lipinski definition) is 8.